The standard InChI is InChI=1S/C8H10N.2C4H9.2ClH.H3O4P.Pd/c1-6-4-3-5-8(9)7(6)2;2*1-4(2)3;;;1-5(2,3)4;/h3,5H,9H2,1-2H3;2*1-3H3;2*1H;(H3,1,2,3,4);/q;;;;;;+2/p-2. The van der Waals surface area contributed by atoms with E-state index < -0.39 is 20.1 Å². The van der Waals surface area contributed by atoms with Crippen molar-refractivity contribution in [2.45, 2.75) is 63.2 Å². The van der Waals surface area contributed by atoms with Crippen molar-refractivity contribution in [1.29, 1.82) is 0 Å². The van der Waals surface area contributed by atoms with Gasteiger partial charge in [0, 0.05) is 0 Å². The van der Waals surface area contributed by atoms with E-state index >= 15 is 0 Å². The molecule has 0 fully saturated rings. The summed E-state index contributed by atoms with van der Waals surface area (Å²) in [6.45, 7) is 17.0. The van der Waals surface area contributed by atoms with Crippen molar-refractivity contribution in [2.75, 3.05) is 5.73 Å². The van der Waals surface area contributed by atoms with Gasteiger partial charge in [-0.2, -0.15) is 0 Å². The Hall–Kier alpha value is 0.372. The topological polar surface area (TPSA) is 104 Å². The van der Waals surface area contributed by atoms with E-state index in [1.165, 1.54) is 0 Å². The molecule has 0 spiro atoms. The summed E-state index contributed by atoms with van der Waals surface area (Å²) in [7, 11) is 10.1. The molecule has 0 aliphatic heterocycles. The molecule has 1 aromatic rings. The summed E-state index contributed by atoms with van der Waals surface area (Å²) in [5, 5.41) is 0. The van der Waals surface area contributed by atoms with E-state index in [0.717, 1.165) is 20.9 Å². The van der Waals surface area contributed by atoms with Gasteiger partial charge in [0.1, 0.15) is 0 Å². The molecule has 0 atom stereocenters. The molecule has 25 heavy (non-hydrogen) atoms. The molecule has 0 saturated heterocycles. The van der Waals surface area contributed by atoms with Crippen LogP contribution in [0.1, 0.15) is 52.7 Å². The molecule has 9 heteroatoms. The number of halogens is 2. The quantitative estimate of drug-likeness (QED) is 0.242. The maximum absolute atomic E-state index is 8.88. The molecule has 1 aromatic carbocycles. The molecular formula is C16H31Cl2NO4PPd. The number of nitrogens with two attached hydrogens (primary N) is 1. The van der Waals surface area contributed by atoms with Crippen molar-refractivity contribution < 1.29 is 31.5 Å². The molecule has 0 amide bonds. The number of anilines is 1. The Morgan fingerprint density at radius 2 is 1.24 bits per heavy atom. The molecule has 5 nitrogen and oxygen atoms in total. The Kier molecular flexibility index (Phi) is 7.53. The molecule has 0 aliphatic carbocycles. The van der Waals surface area contributed by atoms with Crippen molar-refractivity contribution >= 4 is 36.6 Å². The Balaban J connectivity index is 0.00000101. The van der Waals surface area contributed by atoms with Crippen LogP contribution in [0, 0.1) is 13.8 Å². The van der Waals surface area contributed by atoms with E-state index in [0.29, 0.717) is 0 Å². The van der Waals surface area contributed by atoms with E-state index in [-0.39, 0.29) is 7.78 Å². The fraction of sp³-hybridized carbons (Fsp3) is 0.625. The molecule has 0 aliphatic rings. The average Bonchev–Trinajstić information content (AvgIpc) is 2.31. The minimum absolute atomic E-state index is 0.191. The number of hydrogen-bond donors (Lipinski definition) is 4. The van der Waals surface area contributed by atoms with Gasteiger partial charge in [-0.05, 0) is 0 Å². The molecule has 0 radical (unpaired) electrons. The third-order valence-corrected chi connectivity index (χ3v) is 24.2. The van der Waals surface area contributed by atoms with Crippen molar-refractivity contribution in [3.8, 4) is 0 Å². The summed E-state index contributed by atoms with van der Waals surface area (Å²) in [4.78, 5) is 21.6. The smallest absolute Gasteiger partial charge is 0.303 e. The maximum atomic E-state index is 8.88. The van der Waals surface area contributed by atoms with E-state index in [1.54, 1.807) is 0 Å². The van der Waals surface area contributed by atoms with Crippen LogP contribution in [0.25, 0.3) is 0 Å². The van der Waals surface area contributed by atoms with Gasteiger partial charge in [0.15, 0.2) is 0 Å². The molecule has 1 rings (SSSR count). The van der Waals surface area contributed by atoms with Gasteiger partial charge in [-0.1, -0.05) is 0 Å². The van der Waals surface area contributed by atoms with Gasteiger partial charge in [0.2, 0.25) is 0 Å². The normalized spacial score (nSPS) is 15.0. The fourth-order valence-electron chi connectivity index (χ4n) is 2.32. The second-order valence-corrected chi connectivity index (χ2v) is 23.5. The van der Waals surface area contributed by atoms with Crippen LogP contribution in [0.5, 0.6) is 0 Å². The average molecular weight is 510 g/mol. The van der Waals surface area contributed by atoms with Crippen molar-refractivity contribution in [3.05, 3.63) is 23.3 Å². The SMILES string of the molecule is Cc1c(N)cc[c]([Pd]([Cl])([Cl])([C](C)(C)C)[C](C)(C)C)c1C.O=P(O)(O)O. The second kappa shape index (κ2) is 7.42. The van der Waals surface area contributed by atoms with Gasteiger partial charge in [0.25, 0.3) is 0 Å². The molecule has 0 aromatic heterocycles. The third-order valence-electron chi connectivity index (χ3n) is 3.69. The van der Waals surface area contributed by atoms with Crippen LogP contribution in [-0.2, 0) is 16.8 Å². The van der Waals surface area contributed by atoms with E-state index in [1.807, 2.05) is 19.1 Å². The summed E-state index contributed by atoms with van der Waals surface area (Å²) in [5.41, 5.74) is 9.04. The molecule has 5 N–H and O–H groups in total. The fourth-order valence-corrected chi connectivity index (χ4v) is 11.8. The number of hydrogen-bond acceptors (Lipinski definition) is 2. The zero-order chi connectivity index (χ0) is 20.7. The Labute approximate surface area is 159 Å². The predicted octanol–water partition coefficient (Wildman–Crippen LogP) is 5.02. The summed E-state index contributed by atoms with van der Waals surface area (Å²) >= 11 is -3.66. The Bertz CT molecular complexity index is 664. The molecule has 0 unspecified atom stereocenters. The predicted molar refractivity (Wildman–Crippen MR) is 105 cm³/mol. The van der Waals surface area contributed by atoms with E-state index in [4.69, 9.17) is 44.0 Å². The summed E-state index contributed by atoms with van der Waals surface area (Å²) < 4.78 is 9.61. The van der Waals surface area contributed by atoms with E-state index in [2.05, 4.69) is 48.5 Å². The first-order chi connectivity index (χ1) is 10.6. The largest absolute Gasteiger partial charge is 0.466 e. The summed E-state index contributed by atoms with van der Waals surface area (Å²) in [6, 6.07) is 3.99. The van der Waals surface area contributed by atoms with Gasteiger partial charge in [0.05, 0.1) is 0 Å². The minimum atomic E-state index is -4.64. The van der Waals surface area contributed by atoms with Crippen LogP contribution in [0.15, 0.2) is 12.1 Å². The molecule has 0 saturated carbocycles. The van der Waals surface area contributed by atoms with E-state index in [9.17, 15) is 0 Å². The van der Waals surface area contributed by atoms with Gasteiger partial charge >= 0.3 is 141 Å². The zero-order valence-corrected chi connectivity index (χ0v) is 20.0. The zero-order valence-electron chi connectivity index (χ0n) is 16.0. The van der Waals surface area contributed by atoms with Crippen molar-refractivity contribution in [1.82, 2.24) is 0 Å². The Morgan fingerprint density at radius 3 is 1.52 bits per heavy atom. The van der Waals surface area contributed by atoms with Crippen molar-refractivity contribution in [3.63, 3.8) is 0 Å². The summed E-state index contributed by atoms with van der Waals surface area (Å²) in [6.07, 6.45) is 0. The molecule has 0 heterocycles. The molecule has 0 bridgehead atoms. The van der Waals surface area contributed by atoms with Gasteiger partial charge < -0.3 is 14.7 Å². The summed E-state index contributed by atoms with van der Waals surface area (Å²) in [5.74, 6) is 0. The molecular weight excluding hydrogens is 478 g/mol. The van der Waals surface area contributed by atoms with Gasteiger partial charge in [-0.3, -0.25) is 0 Å². The number of rotatable bonds is 1. The minimum Gasteiger partial charge on any atom is -0.303 e. The van der Waals surface area contributed by atoms with Gasteiger partial charge in [-0.25, -0.2) is 4.57 Å². The van der Waals surface area contributed by atoms with Crippen LogP contribution in [0.3, 0.4) is 0 Å². The van der Waals surface area contributed by atoms with Crippen LogP contribution in [0.2, 0.25) is 7.78 Å². The first kappa shape index (κ1) is 25.4. The van der Waals surface area contributed by atoms with Crippen LogP contribution in [-0.4, -0.2) is 14.7 Å². The Morgan fingerprint density at radius 1 is 0.920 bits per heavy atom. The first-order valence-corrected chi connectivity index (χ1v) is 15.3. The number of benzene rings is 1. The maximum Gasteiger partial charge on any atom is 0.466 e. The first-order valence-electron chi connectivity index (χ1n) is 7.45. The van der Waals surface area contributed by atoms with Crippen LogP contribution >= 0.6 is 26.9 Å². The number of nitrogen functional groups attached to an aromatic ring is 1. The van der Waals surface area contributed by atoms with Gasteiger partial charge in [-0.15, -0.1) is 0 Å². The second-order valence-electron chi connectivity index (χ2n) is 7.46. The van der Waals surface area contributed by atoms with Crippen LogP contribution < -0.4 is 9.77 Å². The monoisotopic (exact) mass is 508 g/mol. The molecule has 153 valence electrons. The number of phosphoric acid groups is 1. The third kappa shape index (κ3) is 5.00. The van der Waals surface area contributed by atoms with Crippen molar-refractivity contribution in [2.24, 2.45) is 0 Å². The van der Waals surface area contributed by atoms with Crippen LogP contribution in [0.4, 0.5) is 5.69 Å².